The van der Waals surface area contributed by atoms with Crippen LogP contribution in [0.15, 0.2) is 18.2 Å². The zero-order valence-electron chi connectivity index (χ0n) is 10.0. The molecule has 0 aliphatic carbocycles. The predicted molar refractivity (Wildman–Crippen MR) is 67.7 cm³/mol. The summed E-state index contributed by atoms with van der Waals surface area (Å²) in [7, 11) is 1.68. The second-order valence-electron chi connectivity index (χ2n) is 4.32. The van der Waals surface area contributed by atoms with Crippen molar-refractivity contribution < 1.29 is 4.79 Å². The smallest absolute Gasteiger partial charge is 0.224 e. The number of carbonyl (C=O) groups is 1. The molecular formula is C12H18N4O. The number of aromatic nitrogens is 1. The molecule has 1 atom stereocenters. The average molecular weight is 234 g/mol. The molecule has 5 nitrogen and oxygen atoms in total. The highest BCUT2D eigenvalue weighted by molar-refractivity contribution is 5.79. The summed E-state index contributed by atoms with van der Waals surface area (Å²) in [6, 6.07) is 5.59. The minimum Gasteiger partial charge on any atom is -0.384 e. The number of nitrogen functional groups attached to an aromatic ring is 1. The molecule has 1 unspecified atom stereocenters. The number of nitrogens with one attached hydrogen (secondary N) is 1. The number of rotatable bonds is 2. The van der Waals surface area contributed by atoms with E-state index in [1.54, 1.807) is 13.1 Å². The van der Waals surface area contributed by atoms with Crippen LogP contribution in [-0.2, 0) is 4.79 Å². The number of pyridine rings is 1. The first kappa shape index (κ1) is 11.7. The second kappa shape index (κ2) is 5.03. The van der Waals surface area contributed by atoms with Crippen LogP contribution in [0.25, 0.3) is 0 Å². The van der Waals surface area contributed by atoms with Gasteiger partial charge in [0.15, 0.2) is 0 Å². The fraction of sp³-hybridized carbons (Fsp3) is 0.500. The van der Waals surface area contributed by atoms with Crippen molar-refractivity contribution in [3.05, 3.63) is 18.2 Å². The van der Waals surface area contributed by atoms with Crippen LogP contribution in [0.1, 0.15) is 12.8 Å². The Balaban J connectivity index is 2.09. The Morgan fingerprint density at radius 2 is 2.41 bits per heavy atom. The molecule has 1 amide bonds. The van der Waals surface area contributed by atoms with Crippen LogP contribution in [0.3, 0.4) is 0 Å². The summed E-state index contributed by atoms with van der Waals surface area (Å²) in [5, 5.41) is 2.71. The number of piperidine rings is 1. The highest BCUT2D eigenvalue weighted by atomic mass is 16.1. The van der Waals surface area contributed by atoms with Crippen LogP contribution in [0.5, 0.6) is 0 Å². The third-order valence-corrected chi connectivity index (χ3v) is 3.12. The Hall–Kier alpha value is -1.78. The first-order valence-electron chi connectivity index (χ1n) is 5.90. The molecule has 2 rings (SSSR count). The van der Waals surface area contributed by atoms with Crippen LogP contribution in [0.2, 0.25) is 0 Å². The molecule has 5 heteroatoms. The van der Waals surface area contributed by atoms with Gasteiger partial charge in [-0.25, -0.2) is 4.98 Å². The number of hydrogen-bond donors (Lipinski definition) is 2. The molecule has 1 aromatic rings. The van der Waals surface area contributed by atoms with Crippen LogP contribution < -0.4 is 16.0 Å². The van der Waals surface area contributed by atoms with Crippen molar-refractivity contribution in [1.82, 2.24) is 10.3 Å². The van der Waals surface area contributed by atoms with Gasteiger partial charge in [-0.05, 0) is 25.0 Å². The van der Waals surface area contributed by atoms with Gasteiger partial charge in [-0.15, -0.1) is 0 Å². The Morgan fingerprint density at radius 1 is 1.59 bits per heavy atom. The molecule has 0 radical (unpaired) electrons. The quantitative estimate of drug-likeness (QED) is 0.787. The summed E-state index contributed by atoms with van der Waals surface area (Å²) >= 11 is 0. The van der Waals surface area contributed by atoms with E-state index in [-0.39, 0.29) is 11.8 Å². The van der Waals surface area contributed by atoms with Gasteiger partial charge >= 0.3 is 0 Å². The monoisotopic (exact) mass is 234 g/mol. The lowest BCUT2D eigenvalue weighted by Gasteiger charge is -2.32. The molecule has 0 saturated carbocycles. The molecule has 17 heavy (non-hydrogen) atoms. The van der Waals surface area contributed by atoms with Gasteiger partial charge in [0.05, 0.1) is 5.92 Å². The first-order chi connectivity index (χ1) is 8.20. The summed E-state index contributed by atoms with van der Waals surface area (Å²) in [6.45, 7) is 1.65. The van der Waals surface area contributed by atoms with Gasteiger partial charge in [-0.3, -0.25) is 4.79 Å². The highest BCUT2D eigenvalue weighted by Crippen LogP contribution is 2.22. The standard InChI is InChI=1S/C12H18N4O/c1-14-12(17)9-4-3-7-16(8-9)11-6-2-5-10(13)15-11/h2,5-6,9H,3-4,7-8H2,1H3,(H2,13,15)(H,14,17). The summed E-state index contributed by atoms with van der Waals surface area (Å²) in [5.74, 6) is 1.54. The van der Waals surface area contributed by atoms with Crippen molar-refractivity contribution in [2.75, 3.05) is 30.8 Å². The van der Waals surface area contributed by atoms with Gasteiger partial charge in [-0.1, -0.05) is 6.07 Å². The Morgan fingerprint density at radius 3 is 3.12 bits per heavy atom. The van der Waals surface area contributed by atoms with E-state index in [1.165, 1.54) is 0 Å². The molecule has 0 bridgehead atoms. The first-order valence-corrected chi connectivity index (χ1v) is 5.90. The van der Waals surface area contributed by atoms with Crippen molar-refractivity contribution >= 4 is 17.5 Å². The number of nitrogens with two attached hydrogens (primary N) is 1. The van der Waals surface area contributed by atoms with Crippen LogP contribution >= 0.6 is 0 Å². The molecular weight excluding hydrogens is 216 g/mol. The Labute approximate surface area is 101 Å². The van der Waals surface area contributed by atoms with Crippen molar-refractivity contribution in [3.8, 4) is 0 Å². The minimum absolute atomic E-state index is 0.0528. The van der Waals surface area contributed by atoms with Gasteiger partial charge in [-0.2, -0.15) is 0 Å². The fourth-order valence-electron chi connectivity index (χ4n) is 2.22. The third kappa shape index (κ3) is 2.67. The molecule has 1 aliphatic rings. The average Bonchev–Trinajstić information content (AvgIpc) is 2.38. The fourth-order valence-corrected chi connectivity index (χ4v) is 2.22. The number of nitrogens with zero attached hydrogens (tertiary/aromatic N) is 2. The Bertz CT molecular complexity index is 407. The third-order valence-electron chi connectivity index (χ3n) is 3.12. The summed E-state index contributed by atoms with van der Waals surface area (Å²) in [4.78, 5) is 18.0. The topological polar surface area (TPSA) is 71.2 Å². The molecule has 2 heterocycles. The molecule has 1 aromatic heterocycles. The lowest BCUT2D eigenvalue weighted by atomic mass is 9.97. The largest absolute Gasteiger partial charge is 0.384 e. The van der Waals surface area contributed by atoms with E-state index < -0.39 is 0 Å². The maximum atomic E-state index is 11.6. The molecule has 92 valence electrons. The van der Waals surface area contributed by atoms with E-state index in [0.29, 0.717) is 5.82 Å². The van der Waals surface area contributed by atoms with Crippen LogP contribution in [-0.4, -0.2) is 31.0 Å². The van der Waals surface area contributed by atoms with E-state index in [1.807, 2.05) is 12.1 Å². The zero-order chi connectivity index (χ0) is 12.3. The van der Waals surface area contributed by atoms with Crippen molar-refractivity contribution in [1.29, 1.82) is 0 Å². The van der Waals surface area contributed by atoms with E-state index in [0.717, 1.165) is 31.7 Å². The lowest BCUT2D eigenvalue weighted by molar-refractivity contribution is -0.124. The number of carbonyl (C=O) groups excluding carboxylic acids is 1. The summed E-state index contributed by atoms with van der Waals surface area (Å²) in [5.41, 5.74) is 5.67. The van der Waals surface area contributed by atoms with Crippen LogP contribution in [0.4, 0.5) is 11.6 Å². The van der Waals surface area contributed by atoms with Crippen molar-refractivity contribution in [2.24, 2.45) is 5.92 Å². The van der Waals surface area contributed by atoms with Crippen LogP contribution in [0, 0.1) is 5.92 Å². The second-order valence-corrected chi connectivity index (χ2v) is 4.32. The van der Waals surface area contributed by atoms with Crippen molar-refractivity contribution in [3.63, 3.8) is 0 Å². The van der Waals surface area contributed by atoms with Crippen molar-refractivity contribution in [2.45, 2.75) is 12.8 Å². The van der Waals surface area contributed by atoms with Gasteiger partial charge < -0.3 is 16.0 Å². The molecule has 1 saturated heterocycles. The Kier molecular flexibility index (Phi) is 3.46. The van der Waals surface area contributed by atoms with Gasteiger partial charge in [0.1, 0.15) is 11.6 Å². The zero-order valence-corrected chi connectivity index (χ0v) is 10.0. The summed E-state index contributed by atoms with van der Waals surface area (Å²) < 4.78 is 0. The molecule has 1 fully saturated rings. The van der Waals surface area contributed by atoms with E-state index >= 15 is 0 Å². The molecule has 0 spiro atoms. The van der Waals surface area contributed by atoms with Gasteiger partial charge in [0.25, 0.3) is 0 Å². The number of amides is 1. The number of anilines is 2. The van der Waals surface area contributed by atoms with E-state index in [2.05, 4.69) is 15.2 Å². The molecule has 1 aliphatic heterocycles. The number of hydrogen-bond acceptors (Lipinski definition) is 4. The maximum absolute atomic E-state index is 11.6. The molecule has 0 aromatic carbocycles. The van der Waals surface area contributed by atoms with E-state index in [4.69, 9.17) is 5.73 Å². The minimum atomic E-state index is 0.0528. The van der Waals surface area contributed by atoms with Gasteiger partial charge in [0.2, 0.25) is 5.91 Å². The predicted octanol–water partition coefficient (Wildman–Crippen LogP) is 0.626. The summed E-state index contributed by atoms with van der Waals surface area (Å²) in [6.07, 6.45) is 1.95. The SMILES string of the molecule is CNC(=O)C1CCCN(c2cccc(N)n2)C1. The molecule has 3 N–H and O–H groups in total. The normalized spacial score (nSPS) is 20.1. The lowest BCUT2D eigenvalue weighted by Crippen LogP contribution is -2.42. The van der Waals surface area contributed by atoms with E-state index in [9.17, 15) is 4.79 Å². The van der Waals surface area contributed by atoms with Gasteiger partial charge in [0, 0.05) is 20.1 Å². The highest BCUT2D eigenvalue weighted by Gasteiger charge is 2.25. The maximum Gasteiger partial charge on any atom is 0.224 e.